The number of benzene rings is 1. The van der Waals surface area contributed by atoms with Gasteiger partial charge in [0.15, 0.2) is 5.65 Å². The predicted octanol–water partition coefficient (Wildman–Crippen LogP) is 3.11. The first-order valence-electron chi connectivity index (χ1n) is 7.66. The molecule has 3 aromatic rings. The monoisotopic (exact) mass is 309 g/mol. The van der Waals surface area contributed by atoms with Gasteiger partial charge in [0.2, 0.25) is 0 Å². The largest absolute Gasteiger partial charge is 0.462 e. The molecule has 0 aliphatic carbocycles. The van der Waals surface area contributed by atoms with E-state index < -0.39 is 0 Å². The molecule has 23 heavy (non-hydrogen) atoms. The van der Waals surface area contributed by atoms with Gasteiger partial charge in [-0.15, -0.1) is 0 Å². The van der Waals surface area contributed by atoms with Gasteiger partial charge in [-0.1, -0.05) is 30.3 Å². The van der Waals surface area contributed by atoms with Crippen molar-refractivity contribution < 1.29 is 9.53 Å². The van der Waals surface area contributed by atoms with Crippen molar-refractivity contribution in [2.24, 2.45) is 0 Å². The number of carbonyl (C=O) groups is 1. The fourth-order valence-electron chi connectivity index (χ4n) is 2.72. The van der Waals surface area contributed by atoms with E-state index in [2.05, 4.69) is 22.2 Å². The lowest BCUT2D eigenvalue weighted by Gasteiger charge is -2.11. The van der Waals surface area contributed by atoms with Gasteiger partial charge >= 0.3 is 5.97 Å². The second-order valence-corrected chi connectivity index (χ2v) is 5.44. The third-order valence-corrected chi connectivity index (χ3v) is 3.93. The number of aryl methyl sites for hydroxylation is 2. The maximum Gasteiger partial charge on any atom is 0.343 e. The number of hydrogen-bond acceptors (Lipinski definition) is 4. The van der Waals surface area contributed by atoms with Gasteiger partial charge < -0.3 is 4.74 Å². The van der Waals surface area contributed by atoms with Gasteiger partial charge in [0.25, 0.3) is 0 Å². The molecule has 0 bridgehead atoms. The number of carbonyl (C=O) groups excluding carboxylic acids is 1. The first kappa shape index (κ1) is 15.2. The van der Waals surface area contributed by atoms with Crippen LogP contribution in [-0.4, -0.2) is 27.2 Å². The zero-order valence-electron chi connectivity index (χ0n) is 13.5. The normalized spacial score (nSPS) is 10.9. The summed E-state index contributed by atoms with van der Waals surface area (Å²) in [4.78, 5) is 16.6. The lowest BCUT2D eigenvalue weighted by Crippen LogP contribution is -2.09. The van der Waals surface area contributed by atoms with Crippen molar-refractivity contribution in [2.75, 3.05) is 6.61 Å². The van der Waals surface area contributed by atoms with Gasteiger partial charge in [0.05, 0.1) is 12.8 Å². The highest BCUT2D eigenvalue weighted by Crippen LogP contribution is 2.20. The summed E-state index contributed by atoms with van der Waals surface area (Å²) >= 11 is 0. The highest BCUT2D eigenvalue weighted by atomic mass is 16.5. The van der Waals surface area contributed by atoms with Crippen LogP contribution in [0.2, 0.25) is 0 Å². The van der Waals surface area contributed by atoms with Crippen molar-refractivity contribution in [2.45, 2.75) is 27.2 Å². The highest BCUT2D eigenvalue weighted by molar-refractivity contribution is 5.95. The van der Waals surface area contributed by atoms with Crippen molar-refractivity contribution >= 4 is 11.6 Å². The molecule has 0 atom stereocenters. The van der Waals surface area contributed by atoms with Crippen LogP contribution in [0.25, 0.3) is 5.65 Å². The Morgan fingerprint density at radius 1 is 1.22 bits per heavy atom. The molecule has 0 amide bonds. The van der Waals surface area contributed by atoms with Gasteiger partial charge in [-0.2, -0.15) is 5.10 Å². The Balaban J connectivity index is 2.07. The lowest BCUT2D eigenvalue weighted by molar-refractivity contribution is 0.0528. The third-order valence-electron chi connectivity index (χ3n) is 3.93. The second kappa shape index (κ2) is 6.20. The van der Waals surface area contributed by atoms with Gasteiger partial charge in [0.1, 0.15) is 5.56 Å². The molecular weight excluding hydrogens is 290 g/mol. The average molecular weight is 309 g/mol. The van der Waals surface area contributed by atoms with Crippen LogP contribution in [0.5, 0.6) is 0 Å². The third kappa shape index (κ3) is 2.82. The lowest BCUT2D eigenvalue weighted by atomic mass is 10.0. The fourth-order valence-corrected chi connectivity index (χ4v) is 2.72. The summed E-state index contributed by atoms with van der Waals surface area (Å²) in [5, 5.41) is 4.32. The Morgan fingerprint density at radius 2 is 1.96 bits per heavy atom. The van der Waals surface area contributed by atoms with Crippen LogP contribution < -0.4 is 0 Å². The summed E-state index contributed by atoms with van der Waals surface area (Å²) in [7, 11) is 0. The Hall–Kier alpha value is -2.69. The van der Waals surface area contributed by atoms with Gasteiger partial charge in [-0.25, -0.2) is 14.3 Å². The van der Waals surface area contributed by atoms with E-state index in [-0.39, 0.29) is 5.97 Å². The average Bonchev–Trinajstić information content (AvgIpc) is 2.96. The van der Waals surface area contributed by atoms with Crippen LogP contribution in [0, 0.1) is 13.8 Å². The standard InChI is InChI=1S/C18H19N3O2/c1-4-23-18(22)16-11-19-21-13(3)15(12(2)20-17(16)21)10-14-8-6-5-7-9-14/h5-9,11H,4,10H2,1-3H3. The summed E-state index contributed by atoms with van der Waals surface area (Å²) in [5.74, 6) is -0.385. The second-order valence-electron chi connectivity index (χ2n) is 5.44. The number of fused-ring (bicyclic) bond motifs is 1. The Labute approximate surface area is 134 Å². The molecule has 5 nitrogen and oxygen atoms in total. The zero-order valence-corrected chi connectivity index (χ0v) is 13.5. The van der Waals surface area contributed by atoms with Crippen molar-refractivity contribution in [1.29, 1.82) is 0 Å². The Morgan fingerprint density at radius 3 is 2.65 bits per heavy atom. The smallest absolute Gasteiger partial charge is 0.343 e. The summed E-state index contributed by atoms with van der Waals surface area (Å²) in [6.45, 7) is 6.08. The van der Waals surface area contributed by atoms with E-state index in [0.29, 0.717) is 17.8 Å². The molecule has 118 valence electrons. The van der Waals surface area contributed by atoms with Crippen LogP contribution in [0.1, 0.15) is 39.8 Å². The molecule has 0 aliphatic rings. The minimum absolute atomic E-state index is 0.334. The van der Waals surface area contributed by atoms with Crippen LogP contribution in [-0.2, 0) is 11.2 Å². The molecule has 0 unspecified atom stereocenters. The van der Waals surface area contributed by atoms with Crippen LogP contribution >= 0.6 is 0 Å². The minimum atomic E-state index is -0.385. The first-order chi connectivity index (χ1) is 11.1. The predicted molar refractivity (Wildman–Crippen MR) is 87.7 cm³/mol. The number of nitrogens with zero attached hydrogens (tertiary/aromatic N) is 3. The van der Waals surface area contributed by atoms with Crippen molar-refractivity contribution in [3.05, 3.63) is 64.6 Å². The van der Waals surface area contributed by atoms with Crippen molar-refractivity contribution in [1.82, 2.24) is 14.6 Å². The number of rotatable bonds is 4. The molecule has 0 fully saturated rings. The highest BCUT2D eigenvalue weighted by Gasteiger charge is 2.19. The quantitative estimate of drug-likeness (QED) is 0.695. The van der Waals surface area contributed by atoms with E-state index in [1.54, 1.807) is 11.4 Å². The fraction of sp³-hybridized carbons (Fsp3) is 0.278. The minimum Gasteiger partial charge on any atom is -0.462 e. The molecule has 0 saturated heterocycles. The molecule has 2 aromatic heterocycles. The summed E-state index contributed by atoms with van der Waals surface area (Å²) in [5.41, 5.74) is 5.20. The van der Waals surface area contributed by atoms with Crippen molar-refractivity contribution in [3.8, 4) is 0 Å². The van der Waals surface area contributed by atoms with Gasteiger partial charge in [0, 0.05) is 17.8 Å². The summed E-state index contributed by atoms with van der Waals surface area (Å²) < 4.78 is 6.79. The topological polar surface area (TPSA) is 56.5 Å². The molecule has 0 radical (unpaired) electrons. The van der Waals surface area contributed by atoms with Gasteiger partial charge in [-0.3, -0.25) is 0 Å². The van der Waals surface area contributed by atoms with E-state index in [9.17, 15) is 4.79 Å². The molecule has 0 saturated carbocycles. The number of esters is 1. The number of aromatic nitrogens is 3. The van der Waals surface area contributed by atoms with Crippen LogP contribution in [0.15, 0.2) is 36.5 Å². The van der Waals surface area contributed by atoms with E-state index in [0.717, 1.165) is 23.4 Å². The molecular formula is C18H19N3O2. The van der Waals surface area contributed by atoms with E-state index in [1.807, 2.05) is 32.0 Å². The number of ether oxygens (including phenoxy) is 1. The van der Waals surface area contributed by atoms with Crippen LogP contribution in [0.4, 0.5) is 0 Å². The Kier molecular flexibility index (Phi) is 4.10. The van der Waals surface area contributed by atoms with Crippen LogP contribution in [0.3, 0.4) is 0 Å². The SMILES string of the molecule is CCOC(=O)c1cnn2c(C)c(Cc3ccccc3)c(C)nc12. The maximum atomic E-state index is 12.0. The molecule has 0 spiro atoms. The molecule has 2 heterocycles. The summed E-state index contributed by atoms with van der Waals surface area (Å²) in [6, 6.07) is 10.2. The molecule has 5 heteroatoms. The number of hydrogen-bond donors (Lipinski definition) is 0. The van der Waals surface area contributed by atoms with Crippen molar-refractivity contribution in [3.63, 3.8) is 0 Å². The molecule has 0 aliphatic heterocycles. The van der Waals surface area contributed by atoms with E-state index >= 15 is 0 Å². The molecule has 0 N–H and O–H groups in total. The maximum absolute atomic E-state index is 12.0. The molecule has 1 aromatic carbocycles. The van der Waals surface area contributed by atoms with E-state index in [4.69, 9.17) is 4.74 Å². The molecule has 3 rings (SSSR count). The first-order valence-corrected chi connectivity index (χ1v) is 7.66. The zero-order chi connectivity index (χ0) is 16.4. The van der Waals surface area contributed by atoms with E-state index in [1.165, 1.54) is 11.8 Å². The van der Waals surface area contributed by atoms with Gasteiger partial charge in [-0.05, 0) is 31.9 Å². The Bertz CT molecular complexity index is 854. The summed E-state index contributed by atoms with van der Waals surface area (Å²) in [6.07, 6.45) is 2.31.